The first-order valence-electron chi connectivity index (χ1n) is 4.87. The molecule has 0 radical (unpaired) electrons. The number of carbonyl (C=O) groups is 2. The van der Waals surface area contributed by atoms with Gasteiger partial charge in [-0.25, -0.2) is 4.79 Å². The molecule has 1 rings (SSSR count). The Balaban J connectivity index is 2.75. The zero-order chi connectivity index (χ0) is 11.6. The highest BCUT2D eigenvalue weighted by molar-refractivity contribution is 7.80. The summed E-state index contributed by atoms with van der Waals surface area (Å²) in [5.41, 5.74) is 5.66. The van der Waals surface area contributed by atoms with Gasteiger partial charge in [0.15, 0.2) is 0 Å². The van der Waals surface area contributed by atoms with E-state index in [1.807, 2.05) is 0 Å². The minimum atomic E-state index is -0.984. The molecule has 0 aromatic carbocycles. The Labute approximate surface area is 94.0 Å². The number of hydrogen-bond donors (Lipinski definition) is 3. The van der Waals surface area contributed by atoms with E-state index in [9.17, 15) is 9.59 Å². The van der Waals surface area contributed by atoms with E-state index in [1.54, 1.807) is 6.92 Å². The van der Waals surface area contributed by atoms with Crippen LogP contribution in [0.15, 0.2) is 0 Å². The number of carboxylic acids is 1. The lowest BCUT2D eigenvalue weighted by Gasteiger charge is -2.24. The molecule has 1 aliphatic rings. The van der Waals surface area contributed by atoms with Crippen LogP contribution in [-0.2, 0) is 9.59 Å². The molecule has 0 bridgehead atoms. The molecule has 0 aliphatic carbocycles. The maximum atomic E-state index is 11.8. The van der Waals surface area contributed by atoms with Crippen molar-refractivity contribution >= 4 is 24.5 Å². The smallest absolute Gasteiger partial charge is 0.326 e. The second-order valence-corrected chi connectivity index (χ2v) is 4.29. The topological polar surface area (TPSA) is 83.6 Å². The van der Waals surface area contributed by atoms with Crippen LogP contribution < -0.4 is 5.73 Å². The van der Waals surface area contributed by atoms with Gasteiger partial charge in [-0.1, -0.05) is 6.92 Å². The van der Waals surface area contributed by atoms with Crippen LogP contribution >= 0.6 is 12.6 Å². The molecule has 1 fully saturated rings. The Morgan fingerprint density at radius 3 is 2.73 bits per heavy atom. The molecule has 1 amide bonds. The lowest BCUT2D eigenvalue weighted by Crippen LogP contribution is -2.43. The highest BCUT2D eigenvalue weighted by atomic mass is 32.1. The monoisotopic (exact) mass is 232 g/mol. The number of nitrogens with zero attached hydrogens (tertiary/aromatic N) is 1. The maximum Gasteiger partial charge on any atom is 0.326 e. The summed E-state index contributed by atoms with van der Waals surface area (Å²) in [6, 6.07) is -1.00. The van der Waals surface area contributed by atoms with Gasteiger partial charge in [-0.2, -0.15) is 12.6 Å². The Morgan fingerprint density at radius 2 is 2.27 bits per heavy atom. The van der Waals surface area contributed by atoms with Crippen LogP contribution in [0.3, 0.4) is 0 Å². The molecule has 1 heterocycles. The van der Waals surface area contributed by atoms with Crippen molar-refractivity contribution in [3.05, 3.63) is 0 Å². The fourth-order valence-electron chi connectivity index (χ4n) is 1.71. The summed E-state index contributed by atoms with van der Waals surface area (Å²) in [7, 11) is 0. The van der Waals surface area contributed by atoms with Crippen LogP contribution in [0.25, 0.3) is 0 Å². The van der Waals surface area contributed by atoms with Crippen molar-refractivity contribution in [1.82, 2.24) is 4.90 Å². The summed E-state index contributed by atoms with van der Waals surface area (Å²) < 4.78 is 0. The lowest BCUT2D eigenvalue weighted by molar-refractivity contribution is -0.149. The van der Waals surface area contributed by atoms with Gasteiger partial charge in [0.05, 0.1) is 0 Å². The lowest BCUT2D eigenvalue weighted by atomic mass is 10.1. The van der Waals surface area contributed by atoms with E-state index < -0.39 is 12.0 Å². The van der Waals surface area contributed by atoms with Gasteiger partial charge < -0.3 is 15.7 Å². The molecule has 0 spiro atoms. The molecule has 1 aliphatic heterocycles. The summed E-state index contributed by atoms with van der Waals surface area (Å²) in [6.45, 7) is 2.06. The van der Waals surface area contributed by atoms with Crippen molar-refractivity contribution in [2.45, 2.75) is 25.4 Å². The largest absolute Gasteiger partial charge is 0.480 e. The first-order chi connectivity index (χ1) is 6.97. The molecule has 86 valence electrons. The Hall–Kier alpha value is -0.750. The quantitative estimate of drug-likeness (QED) is 0.576. The zero-order valence-corrected chi connectivity index (χ0v) is 9.48. The van der Waals surface area contributed by atoms with Crippen molar-refractivity contribution < 1.29 is 14.7 Å². The third kappa shape index (κ3) is 2.63. The molecule has 0 saturated carbocycles. The van der Waals surface area contributed by atoms with Crippen LogP contribution in [0, 0.1) is 5.92 Å². The predicted molar refractivity (Wildman–Crippen MR) is 58.7 cm³/mol. The fourth-order valence-corrected chi connectivity index (χ4v) is 1.86. The average Bonchev–Trinajstić information content (AvgIpc) is 2.58. The minimum absolute atomic E-state index is 0.176. The van der Waals surface area contributed by atoms with Gasteiger partial charge in [-0.3, -0.25) is 4.79 Å². The van der Waals surface area contributed by atoms with Gasteiger partial charge in [0.1, 0.15) is 6.04 Å². The Kier molecular flexibility index (Phi) is 3.98. The third-order valence-electron chi connectivity index (χ3n) is 2.60. The van der Waals surface area contributed by atoms with Crippen molar-refractivity contribution in [2.24, 2.45) is 11.7 Å². The minimum Gasteiger partial charge on any atom is -0.480 e. The normalized spacial score (nSPS) is 27.8. The van der Waals surface area contributed by atoms with Gasteiger partial charge >= 0.3 is 5.97 Å². The molecule has 1 saturated heterocycles. The van der Waals surface area contributed by atoms with Crippen LogP contribution in [0.4, 0.5) is 0 Å². The SMILES string of the molecule is CC(CS)C(=O)N1CC(N)C[C@H]1C(=O)O. The van der Waals surface area contributed by atoms with Gasteiger partial charge in [0.25, 0.3) is 0 Å². The first-order valence-corrected chi connectivity index (χ1v) is 5.50. The summed E-state index contributed by atoms with van der Waals surface area (Å²) in [5, 5.41) is 8.94. The summed E-state index contributed by atoms with van der Waals surface area (Å²) in [5.74, 6) is -1.01. The summed E-state index contributed by atoms with van der Waals surface area (Å²) in [6.07, 6.45) is 0.334. The molecule has 3 N–H and O–H groups in total. The standard InChI is InChI=1S/C9H16N2O3S/c1-5(4-15)8(12)11-3-6(10)2-7(11)9(13)14/h5-7,15H,2-4,10H2,1H3,(H,13,14)/t5?,6?,7-/m0/s1. The van der Waals surface area contributed by atoms with Gasteiger partial charge in [0.2, 0.25) is 5.91 Å². The summed E-state index contributed by atoms with van der Waals surface area (Å²) in [4.78, 5) is 24.1. The molecule has 0 aromatic heterocycles. The van der Waals surface area contributed by atoms with Crippen molar-refractivity contribution in [3.63, 3.8) is 0 Å². The molecule has 2 unspecified atom stereocenters. The van der Waals surface area contributed by atoms with Crippen LogP contribution in [-0.4, -0.2) is 46.3 Å². The molecule has 6 heteroatoms. The van der Waals surface area contributed by atoms with Crippen molar-refractivity contribution in [3.8, 4) is 0 Å². The Morgan fingerprint density at radius 1 is 1.67 bits per heavy atom. The zero-order valence-electron chi connectivity index (χ0n) is 8.59. The van der Waals surface area contributed by atoms with E-state index in [0.29, 0.717) is 18.7 Å². The second-order valence-electron chi connectivity index (χ2n) is 3.92. The summed E-state index contributed by atoms with van der Waals surface area (Å²) >= 11 is 4.03. The predicted octanol–water partition coefficient (Wildman–Crippen LogP) is -0.435. The number of carboxylic acid groups (broad SMARTS) is 1. The second kappa shape index (κ2) is 4.85. The van der Waals surface area contributed by atoms with Gasteiger partial charge in [-0.05, 0) is 6.42 Å². The molecular formula is C9H16N2O3S. The van der Waals surface area contributed by atoms with Crippen LogP contribution in [0.2, 0.25) is 0 Å². The molecule has 0 aromatic rings. The third-order valence-corrected chi connectivity index (χ3v) is 3.14. The number of nitrogens with two attached hydrogens (primary N) is 1. The first kappa shape index (κ1) is 12.3. The van der Waals surface area contributed by atoms with E-state index in [4.69, 9.17) is 10.8 Å². The van der Waals surface area contributed by atoms with Crippen molar-refractivity contribution in [1.29, 1.82) is 0 Å². The van der Waals surface area contributed by atoms with E-state index in [2.05, 4.69) is 12.6 Å². The van der Waals surface area contributed by atoms with Crippen LogP contribution in [0.1, 0.15) is 13.3 Å². The number of amides is 1. The number of hydrogen-bond acceptors (Lipinski definition) is 4. The maximum absolute atomic E-state index is 11.8. The Bertz CT molecular complexity index is 272. The fraction of sp³-hybridized carbons (Fsp3) is 0.778. The number of rotatable bonds is 3. The highest BCUT2D eigenvalue weighted by Gasteiger charge is 2.39. The van der Waals surface area contributed by atoms with E-state index in [-0.39, 0.29) is 17.9 Å². The molecule has 5 nitrogen and oxygen atoms in total. The number of carbonyl (C=O) groups excluding carboxylic acids is 1. The average molecular weight is 232 g/mol. The van der Waals surface area contributed by atoms with E-state index in [1.165, 1.54) is 4.90 Å². The molecule has 3 atom stereocenters. The number of thiol groups is 1. The van der Waals surface area contributed by atoms with E-state index in [0.717, 1.165) is 0 Å². The number of aliphatic carboxylic acids is 1. The van der Waals surface area contributed by atoms with Crippen LogP contribution in [0.5, 0.6) is 0 Å². The van der Waals surface area contributed by atoms with Crippen molar-refractivity contribution in [2.75, 3.05) is 12.3 Å². The molecule has 15 heavy (non-hydrogen) atoms. The highest BCUT2D eigenvalue weighted by Crippen LogP contribution is 2.19. The van der Waals surface area contributed by atoms with Gasteiger partial charge in [-0.15, -0.1) is 0 Å². The van der Waals surface area contributed by atoms with Gasteiger partial charge in [0, 0.05) is 24.3 Å². The van der Waals surface area contributed by atoms with E-state index >= 15 is 0 Å². The number of likely N-dealkylation sites (tertiary alicyclic amines) is 1. The molecular weight excluding hydrogens is 216 g/mol.